The molecular formula is C20H27N5O10PS-. The second-order valence-electron chi connectivity index (χ2n) is 8.93. The predicted octanol–water partition coefficient (Wildman–Crippen LogP) is -2.40. The zero-order valence-electron chi connectivity index (χ0n) is 19.8. The third kappa shape index (κ3) is 6.13. The summed E-state index contributed by atoms with van der Waals surface area (Å²) in [7, 11) is -3.70. The molecule has 1 unspecified atom stereocenters. The number of aromatic amines is 1. The molecule has 7 atom stereocenters. The van der Waals surface area contributed by atoms with Crippen LogP contribution < -0.4 is 27.1 Å². The van der Waals surface area contributed by atoms with Gasteiger partial charge in [-0.2, -0.15) is 5.09 Å². The van der Waals surface area contributed by atoms with Crippen molar-refractivity contribution < 1.29 is 34.2 Å². The zero-order valence-corrected chi connectivity index (χ0v) is 21.6. The van der Waals surface area contributed by atoms with Crippen molar-refractivity contribution in [3.8, 4) is 5.88 Å². The van der Waals surface area contributed by atoms with Crippen molar-refractivity contribution in [1.82, 2.24) is 24.2 Å². The summed E-state index contributed by atoms with van der Waals surface area (Å²) in [5.41, 5.74) is -1.49. The first-order valence-corrected chi connectivity index (χ1v) is 14.0. The van der Waals surface area contributed by atoms with E-state index >= 15 is 0 Å². The highest BCUT2D eigenvalue weighted by Gasteiger charge is 2.43. The second kappa shape index (κ2) is 10.9. The Labute approximate surface area is 215 Å². The van der Waals surface area contributed by atoms with Gasteiger partial charge in [-0.25, -0.2) is 24.0 Å². The number of rotatable bonds is 8. The number of aryl methyl sites for hydroxylation is 2. The predicted molar refractivity (Wildman–Crippen MR) is 128 cm³/mol. The van der Waals surface area contributed by atoms with Crippen molar-refractivity contribution in [3.05, 3.63) is 54.8 Å². The summed E-state index contributed by atoms with van der Waals surface area (Å²) in [5.74, 6) is -0.647. The average Bonchev–Trinajstić information content (AvgIpc) is 3.39. The molecule has 2 aliphatic rings. The fraction of sp³-hybridized carbons (Fsp3) is 0.600. The first-order chi connectivity index (χ1) is 17.4. The molecule has 0 aliphatic carbocycles. The lowest BCUT2D eigenvalue weighted by Gasteiger charge is -2.29. The minimum absolute atomic E-state index is 0.0379. The van der Waals surface area contributed by atoms with Crippen LogP contribution in [0, 0.1) is 13.8 Å². The van der Waals surface area contributed by atoms with Crippen molar-refractivity contribution in [3.63, 3.8) is 0 Å². The molecule has 2 aliphatic heterocycles. The van der Waals surface area contributed by atoms with Crippen LogP contribution in [-0.2, 0) is 26.2 Å². The maximum absolute atomic E-state index is 12.2. The molecule has 0 bridgehead atoms. The molecule has 0 spiro atoms. The van der Waals surface area contributed by atoms with Crippen LogP contribution in [0.5, 0.6) is 5.88 Å². The third-order valence-electron chi connectivity index (χ3n) is 6.22. The van der Waals surface area contributed by atoms with Crippen molar-refractivity contribution >= 4 is 19.3 Å². The number of hydrogen-bond donors (Lipinski definition) is 5. The highest BCUT2D eigenvalue weighted by molar-refractivity contribution is 8.36. The molecule has 0 aromatic carbocycles. The molecule has 2 saturated heterocycles. The number of aliphatic hydroxyl groups excluding tert-OH is 2. The summed E-state index contributed by atoms with van der Waals surface area (Å²) in [4.78, 5) is 52.2. The van der Waals surface area contributed by atoms with Crippen molar-refractivity contribution in [1.29, 1.82) is 0 Å². The summed E-state index contributed by atoms with van der Waals surface area (Å²) in [6.45, 7) is 2.26. The van der Waals surface area contributed by atoms with E-state index in [2.05, 4.69) is 15.1 Å². The van der Waals surface area contributed by atoms with E-state index in [0.717, 1.165) is 9.13 Å². The number of hydrogen-bond acceptors (Lipinski definition) is 13. The molecule has 4 rings (SSSR count). The van der Waals surface area contributed by atoms with E-state index in [9.17, 15) is 34.6 Å². The molecule has 0 saturated carbocycles. The minimum atomic E-state index is -3.70. The number of aromatic nitrogens is 4. The Hall–Kier alpha value is -2.14. The number of ether oxygens (including phenoxy) is 2. The van der Waals surface area contributed by atoms with Crippen LogP contribution in [0.2, 0.25) is 0 Å². The Balaban J connectivity index is 1.38. The number of nitrogens with one attached hydrogen (secondary N) is 2. The molecular weight excluding hydrogens is 533 g/mol. The van der Waals surface area contributed by atoms with Gasteiger partial charge in [0.2, 0.25) is 7.07 Å². The number of nitrogens with zero attached hydrogens (tertiary/aromatic N) is 3. The zero-order chi connectivity index (χ0) is 27.1. The van der Waals surface area contributed by atoms with Crippen LogP contribution in [0.4, 0.5) is 0 Å². The fourth-order valence-electron chi connectivity index (χ4n) is 4.22. The summed E-state index contributed by atoms with van der Waals surface area (Å²) in [6.07, 6.45) is -1.78. The van der Waals surface area contributed by atoms with Gasteiger partial charge in [0.1, 0.15) is 31.3 Å². The lowest BCUT2D eigenvalue weighted by molar-refractivity contribution is -0.276. The smallest absolute Gasteiger partial charge is 0.349 e. The summed E-state index contributed by atoms with van der Waals surface area (Å²) < 4.78 is 19.2. The topological polar surface area (TPSA) is 213 Å². The van der Waals surface area contributed by atoms with Crippen LogP contribution >= 0.6 is 7.07 Å². The van der Waals surface area contributed by atoms with Crippen molar-refractivity contribution in [2.75, 3.05) is 13.2 Å². The van der Waals surface area contributed by atoms with Gasteiger partial charge in [-0.05, 0) is 25.3 Å². The van der Waals surface area contributed by atoms with Gasteiger partial charge in [0.25, 0.3) is 5.56 Å². The molecule has 2 aromatic heterocycles. The molecule has 15 nitrogen and oxygen atoms in total. The van der Waals surface area contributed by atoms with Gasteiger partial charge in [-0.3, -0.25) is 18.9 Å². The van der Waals surface area contributed by atoms with E-state index in [1.807, 2.05) is 0 Å². The Kier molecular flexibility index (Phi) is 8.23. The van der Waals surface area contributed by atoms with E-state index in [0.29, 0.717) is 5.56 Å². The molecule has 5 N–H and O–H groups in total. The van der Waals surface area contributed by atoms with E-state index in [1.165, 1.54) is 26.2 Å². The van der Waals surface area contributed by atoms with Crippen LogP contribution in [-0.4, -0.2) is 71.8 Å². The highest BCUT2D eigenvalue weighted by Crippen LogP contribution is 2.51. The van der Waals surface area contributed by atoms with Crippen LogP contribution in [0.25, 0.3) is 0 Å². The van der Waals surface area contributed by atoms with Gasteiger partial charge in [-0.15, -0.1) is 0 Å². The van der Waals surface area contributed by atoms with Crippen LogP contribution in [0.15, 0.2) is 26.8 Å². The normalized spacial score (nSPS) is 29.5. The van der Waals surface area contributed by atoms with Crippen molar-refractivity contribution in [2.45, 2.75) is 63.5 Å². The second-order valence-corrected chi connectivity index (χ2v) is 12.0. The quantitative estimate of drug-likeness (QED) is 0.168. The standard InChI is InChI=1S/C20H28N5O10PS/c1-9-5-24(19(30)21-17(9)28)15-3-11(13(7-26)34-15)23-36(32,37)33-8-14-12(27)4-16(35-14)25-6-10(2)18(29)22-20(25)31/h5-6,11-16,26-27H,3-4,7-8H2,1-2H3,(H,21,28,30)(H,22,29,31)(H2,23,32,37)/p-1/t11-,12-,13+,14+,15+,16+,36?/m0/s1. The Morgan fingerprint density at radius 2 is 1.84 bits per heavy atom. The van der Waals surface area contributed by atoms with Crippen LogP contribution in [0.1, 0.15) is 36.4 Å². The molecule has 2 fully saturated rings. The Morgan fingerprint density at radius 3 is 2.54 bits per heavy atom. The fourth-order valence-corrected chi connectivity index (χ4v) is 5.92. The lowest BCUT2D eigenvalue weighted by Crippen LogP contribution is -2.39. The Bertz CT molecular complexity index is 1320. The van der Waals surface area contributed by atoms with Gasteiger partial charge in [0.05, 0.1) is 18.8 Å². The average molecular weight is 561 g/mol. The monoisotopic (exact) mass is 560 g/mol. The van der Waals surface area contributed by atoms with Gasteiger partial charge in [-0.1, -0.05) is 0 Å². The minimum Gasteiger partial charge on any atom is -0.858 e. The van der Waals surface area contributed by atoms with Gasteiger partial charge < -0.3 is 37.0 Å². The van der Waals surface area contributed by atoms with Crippen molar-refractivity contribution in [2.24, 2.45) is 0 Å². The first kappa shape index (κ1) is 27.9. The summed E-state index contributed by atoms with van der Waals surface area (Å²) in [5, 5.41) is 34.5. The third-order valence-corrected chi connectivity index (χ3v) is 8.01. The lowest BCUT2D eigenvalue weighted by atomic mass is 10.1. The maximum Gasteiger partial charge on any atom is 0.349 e. The SMILES string of the molecule is Cc1cn([C@H]2C[C@H](N[P+](O)([S-])OC[C@H]3O[C@@H](n4cc(C)c(=O)[nH]c4=O)C[C@@H]3O)[C@@H](CO)O2)c(=O)nc1[O-]. The molecule has 0 radical (unpaired) electrons. The largest absolute Gasteiger partial charge is 0.858 e. The van der Waals surface area contributed by atoms with E-state index in [-0.39, 0.29) is 25.0 Å². The van der Waals surface area contributed by atoms with Gasteiger partial charge >= 0.3 is 11.4 Å². The molecule has 2 aromatic rings. The van der Waals surface area contributed by atoms with E-state index in [1.54, 1.807) is 0 Å². The van der Waals surface area contributed by atoms with Gasteiger partial charge in [0.15, 0.2) is 0 Å². The molecule has 37 heavy (non-hydrogen) atoms. The highest BCUT2D eigenvalue weighted by atomic mass is 32.7. The first-order valence-electron chi connectivity index (χ1n) is 11.3. The van der Waals surface area contributed by atoms with Crippen LogP contribution in [0.3, 0.4) is 0 Å². The molecule has 4 heterocycles. The Morgan fingerprint density at radius 1 is 1.19 bits per heavy atom. The van der Waals surface area contributed by atoms with Gasteiger partial charge in [0, 0.05) is 30.8 Å². The molecule has 17 heteroatoms. The number of aliphatic hydroxyl groups is 2. The van der Waals surface area contributed by atoms with E-state index < -0.39 is 73.3 Å². The number of H-pyrrole nitrogens is 1. The summed E-state index contributed by atoms with van der Waals surface area (Å²) in [6, 6.07) is -0.713. The summed E-state index contributed by atoms with van der Waals surface area (Å²) >= 11 is 5.19. The van der Waals surface area contributed by atoms with E-state index in [4.69, 9.17) is 26.2 Å². The maximum atomic E-state index is 12.2. The molecule has 204 valence electrons. The molecule has 0 amide bonds.